The van der Waals surface area contributed by atoms with E-state index in [4.69, 9.17) is 9.72 Å². The van der Waals surface area contributed by atoms with Gasteiger partial charge in [0.2, 0.25) is 0 Å². The molecule has 0 atom stereocenters. The van der Waals surface area contributed by atoms with Gasteiger partial charge in [0.1, 0.15) is 5.82 Å². The van der Waals surface area contributed by atoms with E-state index in [0.29, 0.717) is 5.75 Å². The van der Waals surface area contributed by atoms with Crippen LogP contribution in [0.15, 0.2) is 206 Å². The maximum absolute atomic E-state index is 7.33. The Balaban J connectivity index is 0.00000579. The van der Waals surface area contributed by atoms with Gasteiger partial charge in [0.15, 0.2) is 0 Å². The van der Waals surface area contributed by atoms with E-state index in [1.807, 2.05) is 6.20 Å². The summed E-state index contributed by atoms with van der Waals surface area (Å²) in [6.45, 7) is 18.6. The molecule has 0 unspecified atom stereocenters. The number of ether oxygens (including phenoxy) is 1. The Hall–Kier alpha value is -7.98. The van der Waals surface area contributed by atoms with Crippen LogP contribution >= 0.6 is 0 Å². The predicted molar refractivity (Wildman–Crippen MR) is 317 cm³/mol. The molecule has 5 nitrogen and oxygen atoms in total. The smallest absolute Gasteiger partial charge is 0.135 e. The van der Waals surface area contributed by atoms with Crippen molar-refractivity contribution in [1.82, 2.24) is 9.55 Å². The van der Waals surface area contributed by atoms with Crippen molar-refractivity contribution in [3.63, 3.8) is 0 Å². The van der Waals surface area contributed by atoms with Crippen molar-refractivity contribution in [2.45, 2.75) is 77.0 Å². The number of fused-ring (bicyclic) bond motifs is 8. The van der Waals surface area contributed by atoms with Crippen molar-refractivity contribution >= 4 is 44.6 Å². The van der Waals surface area contributed by atoms with Gasteiger partial charge < -0.3 is 19.1 Å². The molecule has 11 aromatic rings. The zero-order valence-electron chi connectivity index (χ0n) is 45.0. The van der Waals surface area contributed by atoms with Crippen LogP contribution in [-0.2, 0) is 37.3 Å². The van der Waals surface area contributed by atoms with Crippen LogP contribution in [0.25, 0.3) is 61.0 Å². The zero-order valence-corrected chi connectivity index (χ0v) is 47.3. The van der Waals surface area contributed by atoms with Crippen LogP contribution in [0.2, 0.25) is 0 Å². The third-order valence-electron chi connectivity index (χ3n) is 16.5. The maximum Gasteiger partial charge on any atom is 0.135 e. The molecule has 2 aliphatic carbocycles. The Labute approximate surface area is 473 Å². The summed E-state index contributed by atoms with van der Waals surface area (Å²) in [5, 5.41) is 2.22. The number of anilines is 4. The molecule has 0 spiro atoms. The van der Waals surface area contributed by atoms with Crippen LogP contribution in [0.1, 0.15) is 94.2 Å². The summed E-state index contributed by atoms with van der Waals surface area (Å²) < 4.78 is 9.59. The number of nitrogens with zero attached hydrogens (tertiary/aromatic N) is 4. The summed E-state index contributed by atoms with van der Waals surface area (Å²) in [6.07, 6.45) is 2.93. The molecular weight excluding hydrogens is 1130 g/mol. The van der Waals surface area contributed by atoms with Gasteiger partial charge in [-0.05, 0) is 110 Å². The van der Waals surface area contributed by atoms with Crippen LogP contribution in [-0.4, -0.2) is 9.55 Å². The van der Waals surface area contributed by atoms with E-state index >= 15 is 0 Å². The van der Waals surface area contributed by atoms with Gasteiger partial charge in [-0.25, -0.2) is 4.98 Å². The van der Waals surface area contributed by atoms with E-state index in [9.17, 15) is 0 Å². The first kappa shape index (κ1) is 49.6. The van der Waals surface area contributed by atoms with Crippen LogP contribution in [0.5, 0.6) is 11.5 Å². The van der Waals surface area contributed by atoms with Crippen molar-refractivity contribution in [2.24, 2.45) is 0 Å². The van der Waals surface area contributed by atoms with Gasteiger partial charge in [-0.2, -0.15) is 6.07 Å². The maximum atomic E-state index is 7.33. The number of pyridine rings is 1. The molecule has 0 N–H and O–H groups in total. The fraction of sp³-hybridized carbons (Fsp3) is 0.167. The van der Waals surface area contributed by atoms with E-state index in [2.05, 4.69) is 282 Å². The molecule has 3 aliphatic rings. The summed E-state index contributed by atoms with van der Waals surface area (Å²) in [7, 11) is 0. The van der Waals surface area contributed by atoms with Gasteiger partial charge in [-0.1, -0.05) is 199 Å². The number of rotatable bonds is 8. The predicted octanol–water partition coefficient (Wildman–Crippen LogP) is 18.7. The third-order valence-corrected chi connectivity index (χ3v) is 16.5. The normalized spacial score (nSPS) is 15.0. The van der Waals surface area contributed by atoms with Gasteiger partial charge in [0.05, 0.1) is 0 Å². The topological polar surface area (TPSA) is 33.5 Å². The minimum absolute atomic E-state index is 0. The third kappa shape index (κ3) is 8.03. The molecular formula is C72H59N4OPt-3. The van der Waals surface area contributed by atoms with E-state index in [-0.39, 0.29) is 43.2 Å². The molecule has 1 aliphatic heterocycles. The van der Waals surface area contributed by atoms with E-state index in [1.54, 1.807) is 0 Å². The van der Waals surface area contributed by atoms with E-state index in [0.717, 1.165) is 62.5 Å². The Morgan fingerprint density at radius 3 is 1.82 bits per heavy atom. The van der Waals surface area contributed by atoms with Crippen molar-refractivity contribution in [3.05, 3.63) is 259 Å². The molecule has 0 amide bonds. The van der Waals surface area contributed by atoms with Crippen LogP contribution < -0.4 is 14.5 Å². The molecule has 0 fully saturated rings. The molecule has 14 rings (SSSR count). The van der Waals surface area contributed by atoms with Crippen molar-refractivity contribution in [2.75, 3.05) is 9.80 Å². The Morgan fingerprint density at radius 2 is 1.17 bits per heavy atom. The van der Waals surface area contributed by atoms with Crippen LogP contribution in [0.4, 0.5) is 22.7 Å². The first-order valence-electron chi connectivity index (χ1n) is 27.0. The number of hydrogen-bond donors (Lipinski definition) is 0. The van der Waals surface area contributed by atoms with Gasteiger partial charge >= 0.3 is 0 Å². The molecule has 6 heteroatoms. The first-order valence-corrected chi connectivity index (χ1v) is 27.0. The Kier molecular flexibility index (Phi) is 11.8. The van der Waals surface area contributed by atoms with Gasteiger partial charge in [0.25, 0.3) is 0 Å². The standard InChI is InChI=1S/C72H59N4O.Pt/c1-70(2,3)49-39-58(46-22-10-8-11-23-46)69(59(40-49)47-24-12-9-13-25-47)75-45-74(62-32-20-21-33-63(62)75)50-41-60-68(72(6,7)44-71(60,4)5)65(42-50)77-51-34-35-55-54-28-18-19-31-61(54)76(64(55)43-51)66-38-48(36-37-73-66)67-56-29-16-14-26-52(56)53-27-15-17-30-57(53)67;/h8-41,45,67H,44H2,1-7H3;/q-3;. The molecule has 2 aromatic heterocycles. The molecule has 0 radical (unpaired) electrons. The fourth-order valence-electron chi connectivity index (χ4n) is 13.3. The fourth-order valence-corrected chi connectivity index (χ4v) is 13.3. The number of benzene rings is 9. The molecule has 386 valence electrons. The summed E-state index contributed by atoms with van der Waals surface area (Å²) in [5.74, 6) is 2.28. The summed E-state index contributed by atoms with van der Waals surface area (Å²) >= 11 is 0. The van der Waals surface area contributed by atoms with Crippen molar-refractivity contribution < 1.29 is 25.8 Å². The van der Waals surface area contributed by atoms with Gasteiger partial charge in [-0.3, -0.25) is 0 Å². The largest absolute Gasteiger partial charge is 0.509 e. The van der Waals surface area contributed by atoms with Gasteiger partial charge in [-0.15, -0.1) is 53.1 Å². The quantitative estimate of drug-likeness (QED) is 0.142. The second kappa shape index (κ2) is 18.6. The molecule has 3 heterocycles. The average molecular weight is 1190 g/mol. The molecule has 78 heavy (non-hydrogen) atoms. The first-order chi connectivity index (χ1) is 37.3. The van der Waals surface area contributed by atoms with Crippen LogP contribution in [0.3, 0.4) is 0 Å². The number of aromatic nitrogens is 2. The average Bonchev–Trinajstić information content (AvgIpc) is 4.32. The SMILES string of the molecule is CC(C)(C)c1cc(-c2ccccc2)c(N2[CH-]N(c3[c-]c(Oc4[c-]c5c(cc4)c4ccccc4n5-c4cc(C5c6ccccc6-c6ccccc65)ccn4)c4c(c3)C(C)(C)CC4(C)C)c3ccccc32)c(-c2ccccc2)c1.[Pt]. The Bertz CT molecular complexity index is 4040. The van der Waals surface area contributed by atoms with E-state index < -0.39 is 0 Å². The summed E-state index contributed by atoms with van der Waals surface area (Å²) in [5.41, 5.74) is 20.6. The summed E-state index contributed by atoms with van der Waals surface area (Å²) in [6, 6.07) is 80.3. The van der Waals surface area contributed by atoms with Gasteiger partial charge in [0, 0.05) is 78.4 Å². The van der Waals surface area contributed by atoms with Crippen LogP contribution in [0, 0.1) is 18.8 Å². The van der Waals surface area contributed by atoms with Crippen molar-refractivity contribution in [3.8, 4) is 50.7 Å². The second-order valence-electron chi connectivity index (χ2n) is 23.6. The molecule has 0 saturated carbocycles. The molecule has 0 saturated heterocycles. The van der Waals surface area contributed by atoms with E-state index in [1.165, 1.54) is 66.8 Å². The zero-order chi connectivity index (χ0) is 52.4. The monoisotopic (exact) mass is 1190 g/mol. The molecule has 0 bridgehead atoms. The minimum atomic E-state index is -0.188. The summed E-state index contributed by atoms with van der Waals surface area (Å²) in [4.78, 5) is 9.82. The molecule has 9 aromatic carbocycles. The number of hydrogen-bond acceptors (Lipinski definition) is 4. The van der Waals surface area contributed by atoms with Crippen molar-refractivity contribution in [1.29, 1.82) is 0 Å². The Morgan fingerprint density at radius 1 is 0.577 bits per heavy atom. The number of para-hydroxylation sites is 3. The minimum Gasteiger partial charge on any atom is -0.509 e. The second-order valence-corrected chi connectivity index (χ2v) is 23.6.